The Kier molecular flexibility index (Phi) is 3.89. The molecule has 2 nitrogen and oxygen atoms in total. The predicted molar refractivity (Wildman–Crippen MR) is 58.4 cm³/mol. The molecule has 3 heteroatoms. The minimum atomic E-state index is -0.179. The molecule has 0 saturated carbocycles. The molecule has 0 bridgehead atoms. The summed E-state index contributed by atoms with van der Waals surface area (Å²) in [4.78, 5) is 1.94. The van der Waals surface area contributed by atoms with Gasteiger partial charge in [0, 0.05) is 19.8 Å². The molecular formula is C11H17FN2. The van der Waals surface area contributed by atoms with Crippen LogP contribution >= 0.6 is 0 Å². The number of anilines is 1. The van der Waals surface area contributed by atoms with Crippen LogP contribution in [-0.2, 0) is 6.42 Å². The fourth-order valence-corrected chi connectivity index (χ4v) is 1.42. The highest BCUT2D eigenvalue weighted by Crippen LogP contribution is 2.20. The molecule has 0 aliphatic heterocycles. The SMILES string of the molecule is CNCCc1ccc(F)cc1N(C)C. The third-order valence-corrected chi connectivity index (χ3v) is 2.17. The molecular weight excluding hydrogens is 179 g/mol. The van der Waals surface area contributed by atoms with Crippen LogP contribution in [0.3, 0.4) is 0 Å². The molecule has 0 spiro atoms. The van der Waals surface area contributed by atoms with Gasteiger partial charge >= 0.3 is 0 Å². The van der Waals surface area contributed by atoms with Crippen molar-refractivity contribution >= 4 is 5.69 Å². The standard InChI is InChI=1S/C11H17FN2/c1-13-7-6-9-4-5-10(12)8-11(9)14(2)3/h4-5,8,13H,6-7H2,1-3H3. The fourth-order valence-electron chi connectivity index (χ4n) is 1.42. The Morgan fingerprint density at radius 3 is 2.64 bits per heavy atom. The minimum Gasteiger partial charge on any atom is -0.377 e. The molecule has 0 unspecified atom stereocenters. The molecule has 0 aliphatic rings. The lowest BCUT2D eigenvalue weighted by molar-refractivity contribution is 0.626. The number of hydrogen-bond donors (Lipinski definition) is 1. The molecule has 1 N–H and O–H groups in total. The van der Waals surface area contributed by atoms with Gasteiger partial charge in [-0.1, -0.05) is 6.07 Å². The highest BCUT2D eigenvalue weighted by molar-refractivity contribution is 5.52. The van der Waals surface area contributed by atoms with Crippen LogP contribution in [0.1, 0.15) is 5.56 Å². The van der Waals surface area contributed by atoms with Gasteiger partial charge in [-0.2, -0.15) is 0 Å². The largest absolute Gasteiger partial charge is 0.377 e. The lowest BCUT2D eigenvalue weighted by atomic mass is 10.1. The maximum absolute atomic E-state index is 13.0. The van der Waals surface area contributed by atoms with Crippen LogP contribution < -0.4 is 10.2 Å². The monoisotopic (exact) mass is 196 g/mol. The Labute approximate surface area is 84.7 Å². The Bertz CT molecular complexity index is 297. The first kappa shape index (κ1) is 11.0. The first-order valence-electron chi connectivity index (χ1n) is 4.75. The first-order chi connectivity index (χ1) is 6.65. The van der Waals surface area contributed by atoms with Gasteiger partial charge in [0.05, 0.1) is 0 Å². The first-order valence-corrected chi connectivity index (χ1v) is 4.75. The van der Waals surface area contributed by atoms with E-state index in [0.29, 0.717) is 0 Å². The van der Waals surface area contributed by atoms with E-state index in [0.717, 1.165) is 18.7 Å². The van der Waals surface area contributed by atoms with Crippen molar-refractivity contribution in [1.82, 2.24) is 5.32 Å². The molecule has 0 atom stereocenters. The van der Waals surface area contributed by atoms with E-state index < -0.39 is 0 Å². The topological polar surface area (TPSA) is 15.3 Å². The van der Waals surface area contributed by atoms with Crippen LogP contribution in [-0.4, -0.2) is 27.7 Å². The molecule has 0 radical (unpaired) electrons. The molecule has 0 aromatic heterocycles. The van der Waals surface area contributed by atoms with Crippen molar-refractivity contribution in [2.75, 3.05) is 32.6 Å². The van der Waals surface area contributed by atoms with E-state index in [1.165, 1.54) is 11.6 Å². The minimum absolute atomic E-state index is 0.179. The maximum atomic E-state index is 13.0. The summed E-state index contributed by atoms with van der Waals surface area (Å²) in [7, 11) is 5.77. The van der Waals surface area contributed by atoms with Gasteiger partial charge in [-0.15, -0.1) is 0 Å². The summed E-state index contributed by atoms with van der Waals surface area (Å²) >= 11 is 0. The van der Waals surface area contributed by atoms with Crippen molar-refractivity contribution < 1.29 is 4.39 Å². The van der Waals surface area contributed by atoms with E-state index in [4.69, 9.17) is 0 Å². The zero-order valence-electron chi connectivity index (χ0n) is 8.97. The second-order valence-corrected chi connectivity index (χ2v) is 3.52. The molecule has 0 heterocycles. The highest BCUT2D eigenvalue weighted by Gasteiger charge is 2.05. The lowest BCUT2D eigenvalue weighted by Gasteiger charge is -2.17. The number of hydrogen-bond acceptors (Lipinski definition) is 2. The van der Waals surface area contributed by atoms with Gasteiger partial charge in [0.15, 0.2) is 0 Å². The average molecular weight is 196 g/mol. The van der Waals surface area contributed by atoms with E-state index >= 15 is 0 Å². The van der Waals surface area contributed by atoms with Crippen LogP contribution in [0.25, 0.3) is 0 Å². The van der Waals surface area contributed by atoms with Gasteiger partial charge in [0.2, 0.25) is 0 Å². The highest BCUT2D eigenvalue weighted by atomic mass is 19.1. The molecule has 0 saturated heterocycles. The Balaban J connectivity index is 2.90. The van der Waals surface area contributed by atoms with Gasteiger partial charge in [0.25, 0.3) is 0 Å². The van der Waals surface area contributed by atoms with Gasteiger partial charge in [-0.3, -0.25) is 0 Å². The molecule has 78 valence electrons. The summed E-state index contributed by atoms with van der Waals surface area (Å²) in [5.74, 6) is -0.179. The van der Waals surface area contributed by atoms with E-state index in [2.05, 4.69) is 5.32 Å². The van der Waals surface area contributed by atoms with Crippen LogP contribution in [0.2, 0.25) is 0 Å². The molecule has 0 aliphatic carbocycles. The van der Waals surface area contributed by atoms with Gasteiger partial charge in [0.1, 0.15) is 5.82 Å². The van der Waals surface area contributed by atoms with Crippen molar-refractivity contribution in [2.45, 2.75) is 6.42 Å². The molecule has 0 amide bonds. The summed E-state index contributed by atoms with van der Waals surface area (Å²) in [5, 5.41) is 3.08. The number of likely N-dealkylation sites (N-methyl/N-ethyl adjacent to an activating group) is 1. The molecule has 1 rings (SSSR count). The molecule has 14 heavy (non-hydrogen) atoms. The second kappa shape index (κ2) is 4.96. The maximum Gasteiger partial charge on any atom is 0.125 e. The third-order valence-electron chi connectivity index (χ3n) is 2.17. The summed E-state index contributed by atoms with van der Waals surface area (Å²) in [6, 6.07) is 4.94. The third kappa shape index (κ3) is 2.70. The molecule has 1 aromatic rings. The number of nitrogens with zero attached hydrogens (tertiary/aromatic N) is 1. The number of rotatable bonds is 4. The van der Waals surface area contributed by atoms with Crippen molar-refractivity contribution in [3.05, 3.63) is 29.6 Å². The average Bonchev–Trinajstić information content (AvgIpc) is 2.15. The van der Waals surface area contributed by atoms with Crippen molar-refractivity contribution in [3.63, 3.8) is 0 Å². The Hall–Kier alpha value is -1.09. The van der Waals surface area contributed by atoms with Crippen LogP contribution in [0, 0.1) is 5.82 Å². The van der Waals surface area contributed by atoms with E-state index in [9.17, 15) is 4.39 Å². The molecule has 1 aromatic carbocycles. The van der Waals surface area contributed by atoms with Gasteiger partial charge in [-0.05, 0) is 37.7 Å². The van der Waals surface area contributed by atoms with Crippen molar-refractivity contribution in [2.24, 2.45) is 0 Å². The van der Waals surface area contributed by atoms with E-state index in [1.54, 1.807) is 6.07 Å². The summed E-state index contributed by atoms with van der Waals surface area (Å²) in [6.45, 7) is 0.909. The van der Waals surface area contributed by atoms with Gasteiger partial charge < -0.3 is 10.2 Å². The molecule has 0 fully saturated rings. The van der Waals surface area contributed by atoms with Crippen molar-refractivity contribution in [3.8, 4) is 0 Å². The predicted octanol–water partition coefficient (Wildman–Crippen LogP) is 1.65. The lowest BCUT2D eigenvalue weighted by Crippen LogP contribution is -2.15. The fraction of sp³-hybridized carbons (Fsp3) is 0.455. The Morgan fingerprint density at radius 2 is 2.07 bits per heavy atom. The number of halogens is 1. The second-order valence-electron chi connectivity index (χ2n) is 3.52. The van der Waals surface area contributed by atoms with E-state index in [1.807, 2.05) is 32.1 Å². The van der Waals surface area contributed by atoms with Crippen LogP contribution in [0.4, 0.5) is 10.1 Å². The normalized spacial score (nSPS) is 10.3. The van der Waals surface area contributed by atoms with Crippen LogP contribution in [0.5, 0.6) is 0 Å². The van der Waals surface area contributed by atoms with E-state index in [-0.39, 0.29) is 5.82 Å². The number of benzene rings is 1. The zero-order chi connectivity index (χ0) is 10.6. The van der Waals surface area contributed by atoms with Crippen molar-refractivity contribution in [1.29, 1.82) is 0 Å². The summed E-state index contributed by atoms with van der Waals surface area (Å²) in [5.41, 5.74) is 2.13. The smallest absolute Gasteiger partial charge is 0.125 e. The van der Waals surface area contributed by atoms with Crippen LogP contribution in [0.15, 0.2) is 18.2 Å². The quantitative estimate of drug-likeness (QED) is 0.787. The summed E-state index contributed by atoms with van der Waals surface area (Å²) in [6.07, 6.45) is 0.921. The Morgan fingerprint density at radius 1 is 1.36 bits per heavy atom. The zero-order valence-corrected chi connectivity index (χ0v) is 8.97. The summed E-state index contributed by atoms with van der Waals surface area (Å²) < 4.78 is 13.0. The number of nitrogens with one attached hydrogen (secondary N) is 1. The van der Waals surface area contributed by atoms with Gasteiger partial charge in [-0.25, -0.2) is 4.39 Å².